The Kier molecular flexibility index (Phi) is 5.38. The first-order valence-electron chi connectivity index (χ1n) is 8.28. The van der Waals surface area contributed by atoms with E-state index >= 15 is 0 Å². The molecule has 3 aromatic rings. The number of nitrogens with zero attached hydrogens (tertiary/aromatic N) is 1. The number of fused-ring (bicyclic) bond motifs is 1. The predicted molar refractivity (Wildman–Crippen MR) is 106 cm³/mol. The summed E-state index contributed by atoms with van der Waals surface area (Å²) in [6.45, 7) is 0. The van der Waals surface area contributed by atoms with Crippen LogP contribution in [-0.2, 0) is 4.79 Å². The summed E-state index contributed by atoms with van der Waals surface area (Å²) < 4.78 is 10.4. The number of amides is 1. The second-order valence-electron chi connectivity index (χ2n) is 5.83. The molecule has 134 valence electrons. The van der Waals surface area contributed by atoms with Crippen molar-refractivity contribution < 1.29 is 14.3 Å². The van der Waals surface area contributed by atoms with E-state index < -0.39 is 5.91 Å². The topological polar surface area (TPSA) is 71.3 Å². The number of nitriles is 1. The van der Waals surface area contributed by atoms with Gasteiger partial charge in [-0.15, -0.1) is 0 Å². The Morgan fingerprint density at radius 3 is 2.41 bits per heavy atom. The van der Waals surface area contributed by atoms with Gasteiger partial charge in [0.05, 0.1) is 14.2 Å². The fraction of sp³-hybridized carbons (Fsp3) is 0.0909. The molecular weight excluding hydrogens is 340 g/mol. The summed E-state index contributed by atoms with van der Waals surface area (Å²) in [6.07, 6.45) is 1.57. The lowest BCUT2D eigenvalue weighted by atomic mass is 10.0. The van der Waals surface area contributed by atoms with Crippen LogP contribution in [0.15, 0.2) is 66.2 Å². The Morgan fingerprint density at radius 2 is 1.67 bits per heavy atom. The minimum atomic E-state index is -0.472. The van der Waals surface area contributed by atoms with Crippen LogP contribution in [0.1, 0.15) is 5.56 Å². The van der Waals surface area contributed by atoms with Crippen LogP contribution in [0.25, 0.3) is 16.8 Å². The van der Waals surface area contributed by atoms with Crippen molar-refractivity contribution in [2.24, 2.45) is 0 Å². The number of carbonyl (C=O) groups excluding carboxylic acids is 1. The summed E-state index contributed by atoms with van der Waals surface area (Å²) in [4.78, 5) is 12.4. The van der Waals surface area contributed by atoms with Crippen LogP contribution >= 0.6 is 0 Å². The number of hydrogen-bond acceptors (Lipinski definition) is 4. The van der Waals surface area contributed by atoms with Crippen LogP contribution in [0.5, 0.6) is 11.5 Å². The molecule has 1 N–H and O–H groups in total. The highest BCUT2D eigenvalue weighted by molar-refractivity contribution is 6.10. The van der Waals surface area contributed by atoms with Gasteiger partial charge in [-0.1, -0.05) is 24.3 Å². The average Bonchev–Trinajstić information content (AvgIpc) is 2.71. The maximum atomic E-state index is 12.4. The number of nitrogens with one attached hydrogen (secondary N) is 1. The summed E-state index contributed by atoms with van der Waals surface area (Å²) in [5.74, 6) is 0.932. The van der Waals surface area contributed by atoms with Gasteiger partial charge in [-0.25, -0.2) is 0 Å². The molecule has 0 aliphatic carbocycles. The highest BCUT2D eigenvalue weighted by Gasteiger charge is 2.10. The summed E-state index contributed by atoms with van der Waals surface area (Å²) in [6, 6.07) is 20.4. The Hall–Kier alpha value is -3.78. The van der Waals surface area contributed by atoms with Gasteiger partial charge in [0.2, 0.25) is 0 Å². The van der Waals surface area contributed by atoms with Gasteiger partial charge in [-0.2, -0.15) is 5.26 Å². The normalized spacial score (nSPS) is 10.9. The first kappa shape index (κ1) is 18.0. The van der Waals surface area contributed by atoms with E-state index in [0.717, 1.165) is 22.1 Å². The first-order valence-corrected chi connectivity index (χ1v) is 8.28. The molecule has 3 aromatic carbocycles. The molecule has 0 aromatic heterocycles. The lowest BCUT2D eigenvalue weighted by Gasteiger charge is -2.07. The smallest absolute Gasteiger partial charge is 0.266 e. The zero-order valence-electron chi connectivity index (χ0n) is 15.0. The Bertz CT molecular complexity index is 1060. The summed E-state index contributed by atoms with van der Waals surface area (Å²) in [5, 5.41) is 14.1. The van der Waals surface area contributed by atoms with Crippen molar-refractivity contribution in [3.8, 4) is 17.6 Å². The van der Waals surface area contributed by atoms with Crippen molar-refractivity contribution in [3.63, 3.8) is 0 Å². The van der Waals surface area contributed by atoms with Gasteiger partial charge in [0, 0.05) is 11.8 Å². The molecular formula is C22H18N2O3. The van der Waals surface area contributed by atoms with E-state index in [-0.39, 0.29) is 5.57 Å². The van der Waals surface area contributed by atoms with Crippen molar-refractivity contribution >= 4 is 28.4 Å². The molecule has 1 amide bonds. The summed E-state index contributed by atoms with van der Waals surface area (Å²) in [5.41, 5.74) is 1.35. The lowest BCUT2D eigenvalue weighted by Crippen LogP contribution is -2.13. The number of rotatable bonds is 5. The largest absolute Gasteiger partial charge is 0.497 e. The molecule has 0 saturated carbocycles. The van der Waals surface area contributed by atoms with E-state index in [1.54, 1.807) is 44.6 Å². The lowest BCUT2D eigenvalue weighted by molar-refractivity contribution is -0.112. The van der Waals surface area contributed by atoms with Crippen LogP contribution < -0.4 is 14.8 Å². The standard InChI is InChI=1S/C22H18N2O3/c1-26-20-5-3-4-19(13-20)24-22(25)18(14-23)11-15-6-7-17-12-21(27-2)9-8-16(17)10-15/h3-13H,1-2H3,(H,24,25). The molecule has 0 aliphatic rings. The minimum Gasteiger partial charge on any atom is -0.497 e. The highest BCUT2D eigenvalue weighted by atomic mass is 16.5. The number of anilines is 1. The van der Waals surface area contributed by atoms with E-state index in [2.05, 4.69) is 5.32 Å². The molecule has 27 heavy (non-hydrogen) atoms. The molecule has 3 rings (SSSR count). The van der Waals surface area contributed by atoms with Gasteiger partial charge in [0.25, 0.3) is 5.91 Å². The molecule has 0 saturated heterocycles. The van der Waals surface area contributed by atoms with Crippen LogP contribution in [0.3, 0.4) is 0 Å². The van der Waals surface area contributed by atoms with Crippen LogP contribution in [0, 0.1) is 11.3 Å². The Morgan fingerprint density at radius 1 is 0.963 bits per heavy atom. The number of methoxy groups -OCH3 is 2. The van der Waals surface area contributed by atoms with Gasteiger partial charge in [0.1, 0.15) is 23.1 Å². The van der Waals surface area contributed by atoms with E-state index in [0.29, 0.717) is 11.4 Å². The van der Waals surface area contributed by atoms with E-state index in [1.165, 1.54) is 0 Å². The summed E-state index contributed by atoms with van der Waals surface area (Å²) >= 11 is 0. The van der Waals surface area contributed by atoms with Crippen molar-refractivity contribution in [1.29, 1.82) is 5.26 Å². The number of carbonyl (C=O) groups is 1. The third-order valence-electron chi connectivity index (χ3n) is 4.08. The van der Waals surface area contributed by atoms with Crippen molar-refractivity contribution in [2.75, 3.05) is 19.5 Å². The molecule has 5 heteroatoms. The first-order chi connectivity index (χ1) is 13.1. The van der Waals surface area contributed by atoms with Crippen molar-refractivity contribution in [3.05, 3.63) is 71.8 Å². The second-order valence-corrected chi connectivity index (χ2v) is 5.83. The monoisotopic (exact) mass is 358 g/mol. The Balaban J connectivity index is 1.85. The zero-order chi connectivity index (χ0) is 19.2. The second kappa shape index (κ2) is 8.07. The molecule has 0 unspecified atom stereocenters. The zero-order valence-corrected chi connectivity index (χ0v) is 15.0. The molecule has 0 spiro atoms. The van der Waals surface area contributed by atoms with Crippen LogP contribution in [0.2, 0.25) is 0 Å². The molecule has 0 atom stereocenters. The predicted octanol–water partition coefficient (Wildman–Crippen LogP) is 4.40. The molecule has 0 fully saturated rings. The van der Waals surface area contributed by atoms with E-state index in [9.17, 15) is 10.1 Å². The fourth-order valence-corrected chi connectivity index (χ4v) is 2.67. The van der Waals surface area contributed by atoms with Gasteiger partial charge < -0.3 is 14.8 Å². The van der Waals surface area contributed by atoms with Crippen molar-refractivity contribution in [1.82, 2.24) is 0 Å². The molecule has 0 bridgehead atoms. The van der Waals surface area contributed by atoms with E-state index in [1.807, 2.05) is 42.5 Å². The third-order valence-corrected chi connectivity index (χ3v) is 4.08. The molecule has 0 heterocycles. The van der Waals surface area contributed by atoms with Gasteiger partial charge in [-0.3, -0.25) is 4.79 Å². The molecule has 0 aliphatic heterocycles. The van der Waals surface area contributed by atoms with Gasteiger partial charge in [-0.05, 0) is 52.7 Å². The molecule has 0 radical (unpaired) electrons. The third kappa shape index (κ3) is 4.25. The van der Waals surface area contributed by atoms with Gasteiger partial charge in [0.15, 0.2) is 0 Å². The van der Waals surface area contributed by atoms with Crippen LogP contribution in [-0.4, -0.2) is 20.1 Å². The van der Waals surface area contributed by atoms with E-state index in [4.69, 9.17) is 9.47 Å². The quantitative estimate of drug-likeness (QED) is 0.542. The Labute approximate surface area is 157 Å². The SMILES string of the molecule is COc1cccc(NC(=O)C(C#N)=Cc2ccc3cc(OC)ccc3c2)c1. The summed E-state index contributed by atoms with van der Waals surface area (Å²) in [7, 11) is 3.18. The maximum Gasteiger partial charge on any atom is 0.266 e. The van der Waals surface area contributed by atoms with Crippen LogP contribution in [0.4, 0.5) is 5.69 Å². The highest BCUT2D eigenvalue weighted by Crippen LogP contribution is 2.23. The average molecular weight is 358 g/mol. The maximum absolute atomic E-state index is 12.4. The van der Waals surface area contributed by atoms with Crippen molar-refractivity contribution in [2.45, 2.75) is 0 Å². The fourth-order valence-electron chi connectivity index (χ4n) is 2.67. The number of hydrogen-bond donors (Lipinski definition) is 1. The molecule has 5 nitrogen and oxygen atoms in total. The van der Waals surface area contributed by atoms with Gasteiger partial charge >= 0.3 is 0 Å². The minimum absolute atomic E-state index is 0.0191. The number of ether oxygens (including phenoxy) is 2. The number of benzene rings is 3.